The van der Waals surface area contributed by atoms with Crippen LogP contribution in [0.3, 0.4) is 0 Å². The molecule has 0 aliphatic heterocycles. The van der Waals surface area contributed by atoms with Crippen LogP contribution in [0.25, 0.3) is 5.65 Å². The van der Waals surface area contributed by atoms with Gasteiger partial charge in [0.05, 0.1) is 11.9 Å². The van der Waals surface area contributed by atoms with Crippen molar-refractivity contribution in [2.75, 3.05) is 12.8 Å². The Morgan fingerprint density at radius 1 is 1.10 bits per heavy atom. The van der Waals surface area contributed by atoms with Gasteiger partial charge in [0, 0.05) is 25.0 Å². The topological polar surface area (TPSA) is 46.6 Å². The van der Waals surface area contributed by atoms with Gasteiger partial charge in [0.2, 0.25) is 0 Å². The Morgan fingerprint density at radius 3 is 2.70 bits per heavy atom. The maximum atomic E-state index is 5.84. The molecular weight excluding hydrogens is 248 g/mol. The molecule has 102 valence electrons. The lowest BCUT2D eigenvalue weighted by atomic mass is 10.2. The zero-order valence-corrected chi connectivity index (χ0v) is 11.5. The molecule has 2 N–H and O–H groups in total. The monoisotopic (exact) mass is 266 g/mol. The van der Waals surface area contributed by atoms with Crippen LogP contribution in [-0.2, 0) is 13.1 Å². The molecule has 2 aromatic heterocycles. The van der Waals surface area contributed by atoms with E-state index in [4.69, 9.17) is 5.73 Å². The molecule has 4 heteroatoms. The van der Waals surface area contributed by atoms with Crippen LogP contribution in [0.15, 0.2) is 54.9 Å². The number of nitrogens with two attached hydrogens (primary N) is 1. The van der Waals surface area contributed by atoms with Crippen molar-refractivity contribution in [3.63, 3.8) is 0 Å². The number of pyridine rings is 1. The zero-order chi connectivity index (χ0) is 13.9. The summed E-state index contributed by atoms with van der Waals surface area (Å²) in [6, 6.07) is 14.3. The van der Waals surface area contributed by atoms with Gasteiger partial charge >= 0.3 is 0 Å². The third-order valence-corrected chi connectivity index (χ3v) is 3.33. The smallest absolute Gasteiger partial charge is 0.137 e. The van der Waals surface area contributed by atoms with E-state index in [2.05, 4.69) is 45.6 Å². The van der Waals surface area contributed by atoms with E-state index < -0.39 is 0 Å². The fourth-order valence-electron chi connectivity index (χ4n) is 2.39. The van der Waals surface area contributed by atoms with Crippen LogP contribution in [0.2, 0.25) is 0 Å². The predicted octanol–water partition coefficient (Wildman–Crippen LogP) is 2.55. The van der Waals surface area contributed by atoms with Gasteiger partial charge in [-0.2, -0.15) is 0 Å². The van der Waals surface area contributed by atoms with E-state index in [0.29, 0.717) is 0 Å². The van der Waals surface area contributed by atoms with E-state index in [9.17, 15) is 0 Å². The molecular formula is C16H18N4. The van der Waals surface area contributed by atoms with Crippen molar-refractivity contribution in [1.82, 2.24) is 14.3 Å². The first kappa shape index (κ1) is 12.7. The van der Waals surface area contributed by atoms with Gasteiger partial charge in [-0.05, 0) is 24.7 Å². The Hall–Kier alpha value is -2.33. The van der Waals surface area contributed by atoms with Gasteiger partial charge in [0.1, 0.15) is 5.65 Å². The highest BCUT2D eigenvalue weighted by Gasteiger charge is 2.07. The second-order valence-electron chi connectivity index (χ2n) is 5.10. The van der Waals surface area contributed by atoms with E-state index >= 15 is 0 Å². The normalized spacial score (nSPS) is 11.3. The van der Waals surface area contributed by atoms with E-state index in [0.717, 1.165) is 30.1 Å². The predicted molar refractivity (Wildman–Crippen MR) is 81.2 cm³/mol. The van der Waals surface area contributed by atoms with E-state index in [1.807, 2.05) is 30.6 Å². The number of nitrogen functional groups attached to an aromatic ring is 1. The summed E-state index contributed by atoms with van der Waals surface area (Å²) >= 11 is 0. The van der Waals surface area contributed by atoms with Gasteiger partial charge in [-0.25, -0.2) is 4.98 Å². The Kier molecular flexibility index (Phi) is 3.39. The first-order chi connectivity index (χ1) is 9.72. The molecule has 3 aromatic rings. The van der Waals surface area contributed by atoms with Crippen LogP contribution in [0, 0.1) is 0 Å². The molecule has 0 radical (unpaired) electrons. The lowest BCUT2D eigenvalue weighted by molar-refractivity contribution is 0.314. The first-order valence-corrected chi connectivity index (χ1v) is 6.66. The Balaban J connectivity index is 1.77. The molecule has 0 bridgehead atoms. The van der Waals surface area contributed by atoms with Crippen molar-refractivity contribution >= 4 is 11.3 Å². The van der Waals surface area contributed by atoms with Crippen molar-refractivity contribution in [3.8, 4) is 0 Å². The molecule has 0 fully saturated rings. The molecule has 20 heavy (non-hydrogen) atoms. The number of benzene rings is 1. The van der Waals surface area contributed by atoms with Gasteiger partial charge in [-0.15, -0.1) is 0 Å². The Labute approximate surface area is 118 Å². The van der Waals surface area contributed by atoms with Crippen LogP contribution in [0.5, 0.6) is 0 Å². The van der Waals surface area contributed by atoms with Crippen LogP contribution < -0.4 is 5.73 Å². The van der Waals surface area contributed by atoms with Gasteiger partial charge < -0.3 is 10.1 Å². The minimum Gasteiger partial charge on any atom is -0.398 e. The summed E-state index contributed by atoms with van der Waals surface area (Å²) in [5.74, 6) is 0. The third-order valence-electron chi connectivity index (χ3n) is 3.33. The molecule has 0 saturated heterocycles. The highest BCUT2D eigenvalue weighted by molar-refractivity contribution is 5.48. The van der Waals surface area contributed by atoms with Crippen molar-refractivity contribution < 1.29 is 0 Å². The summed E-state index contributed by atoms with van der Waals surface area (Å²) in [7, 11) is 2.11. The SMILES string of the molecule is CN(Cc1ccccc1)Cc1cnc2ccc(N)cn12. The number of hydrogen-bond acceptors (Lipinski definition) is 3. The highest BCUT2D eigenvalue weighted by Crippen LogP contribution is 2.13. The number of nitrogens with zero attached hydrogens (tertiary/aromatic N) is 3. The summed E-state index contributed by atoms with van der Waals surface area (Å²) in [5.41, 5.74) is 9.98. The van der Waals surface area contributed by atoms with Gasteiger partial charge in [-0.1, -0.05) is 30.3 Å². The molecule has 0 aliphatic carbocycles. The lowest BCUT2D eigenvalue weighted by Gasteiger charge is -2.16. The third kappa shape index (κ3) is 2.65. The number of hydrogen-bond donors (Lipinski definition) is 1. The average Bonchev–Trinajstić information content (AvgIpc) is 2.82. The molecule has 0 saturated carbocycles. The maximum Gasteiger partial charge on any atom is 0.137 e. The standard InChI is InChI=1S/C16H18N4/c1-19(10-13-5-3-2-4-6-13)12-15-9-18-16-8-7-14(17)11-20(15)16/h2-9,11H,10,12,17H2,1H3. The molecule has 3 rings (SSSR count). The molecule has 0 atom stereocenters. The second kappa shape index (κ2) is 5.35. The molecule has 2 heterocycles. The molecule has 0 unspecified atom stereocenters. The zero-order valence-electron chi connectivity index (χ0n) is 11.5. The van der Waals surface area contributed by atoms with Crippen molar-refractivity contribution in [3.05, 3.63) is 66.1 Å². The molecule has 0 spiro atoms. The molecule has 0 aliphatic rings. The van der Waals surface area contributed by atoms with Gasteiger partial charge in [0.25, 0.3) is 0 Å². The lowest BCUT2D eigenvalue weighted by Crippen LogP contribution is -2.18. The van der Waals surface area contributed by atoms with Crippen molar-refractivity contribution in [1.29, 1.82) is 0 Å². The van der Waals surface area contributed by atoms with Crippen LogP contribution in [0.4, 0.5) is 5.69 Å². The summed E-state index contributed by atoms with van der Waals surface area (Å²) in [4.78, 5) is 6.67. The number of aromatic nitrogens is 2. The van der Waals surface area contributed by atoms with Gasteiger partial charge in [0.15, 0.2) is 0 Å². The number of imidazole rings is 1. The Bertz CT molecular complexity index is 703. The van der Waals surface area contributed by atoms with Crippen LogP contribution in [0.1, 0.15) is 11.3 Å². The summed E-state index contributed by atoms with van der Waals surface area (Å²) in [6.07, 6.45) is 3.84. The quantitative estimate of drug-likeness (QED) is 0.789. The summed E-state index contributed by atoms with van der Waals surface area (Å²) in [6.45, 7) is 1.75. The van der Waals surface area contributed by atoms with Crippen LogP contribution >= 0.6 is 0 Å². The number of fused-ring (bicyclic) bond motifs is 1. The maximum absolute atomic E-state index is 5.84. The fraction of sp³-hybridized carbons (Fsp3) is 0.188. The van der Waals surface area contributed by atoms with E-state index in [1.165, 1.54) is 5.56 Å². The minimum atomic E-state index is 0.752. The largest absolute Gasteiger partial charge is 0.398 e. The average molecular weight is 266 g/mol. The van der Waals surface area contributed by atoms with Gasteiger partial charge in [-0.3, -0.25) is 4.90 Å². The Morgan fingerprint density at radius 2 is 1.90 bits per heavy atom. The molecule has 4 nitrogen and oxygen atoms in total. The number of rotatable bonds is 4. The van der Waals surface area contributed by atoms with Crippen molar-refractivity contribution in [2.45, 2.75) is 13.1 Å². The fourth-order valence-corrected chi connectivity index (χ4v) is 2.39. The highest BCUT2D eigenvalue weighted by atomic mass is 15.1. The van der Waals surface area contributed by atoms with E-state index in [1.54, 1.807) is 0 Å². The summed E-state index contributed by atoms with van der Waals surface area (Å²) < 4.78 is 2.05. The summed E-state index contributed by atoms with van der Waals surface area (Å²) in [5, 5.41) is 0. The number of anilines is 1. The van der Waals surface area contributed by atoms with Crippen molar-refractivity contribution in [2.24, 2.45) is 0 Å². The first-order valence-electron chi connectivity index (χ1n) is 6.66. The molecule has 0 amide bonds. The molecule has 1 aromatic carbocycles. The van der Waals surface area contributed by atoms with Crippen LogP contribution in [-0.4, -0.2) is 21.3 Å². The van der Waals surface area contributed by atoms with E-state index in [-0.39, 0.29) is 0 Å². The minimum absolute atomic E-state index is 0.752. The second-order valence-corrected chi connectivity index (χ2v) is 5.10.